The van der Waals surface area contributed by atoms with Gasteiger partial charge in [0.2, 0.25) is 5.91 Å². The number of fused-ring (bicyclic) bond motifs is 1. The maximum Gasteiger partial charge on any atom is 0.354 e. The van der Waals surface area contributed by atoms with Gasteiger partial charge in [0.1, 0.15) is 17.8 Å². The number of nitrogens with zero attached hydrogens (tertiary/aromatic N) is 1. The number of thioether (sulfide) groups is 1. The van der Waals surface area contributed by atoms with E-state index in [1.807, 2.05) is 0 Å². The number of carboxylic acids is 2. The monoisotopic (exact) mass is 440 g/mol. The number of β-lactam (4-membered cyclic amide) rings is 1. The van der Waals surface area contributed by atoms with Crippen molar-refractivity contribution in [2.75, 3.05) is 6.54 Å². The molecule has 0 spiro atoms. The van der Waals surface area contributed by atoms with Crippen molar-refractivity contribution in [2.45, 2.75) is 23.1 Å². The first-order valence-corrected chi connectivity index (χ1v) is 10.1. The molecule has 0 aliphatic carbocycles. The van der Waals surface area contributed by atoms with Crippen molar-refractivity contribution in [2.24, 2.45) is 5.73 Å². The predicted molar refractivity (Wildman–Crippen MR) is 102 cm³/mol. The number of aliphatic carboxylic acids is 2. The second-order valence-electron chi connectivity index (χ2n) is 6.12. The summed E-state index contributed by atoms with van der Waals surface area (Å²) >= 11 is 2.23. The maximum absolute atomic E-state index is 13.2. The highest BCUT2D eigenvalue weighted by molar-refractivity contribution is 8.01. The SMILES string of the molecule is NC1=C(C(=O)O)N2C(=O)CC2SC1C(=O)C(NC(=O)NCC(=O)O)c1cccs1. The van der Waals surface area contributed by atoms with Gasteiger partial charge in [-0.1, -0.05) is 6.07 Å². The Morgan fingerprint density at radius 2 is 2.03 bits per heavy atom. The first-order chi connectivity index (χ1) is 13.7. The lowest BCUT2D eigenvalue weighted by Gasteiger charge is -2.45. The lowest BCUT2D eigenvalue weighted by atomic mass is 10.0. The number of carboxylic acid groups (broad SMARTS) is 2. The van der Waals surface area contributed by atoms with E-state index in [1.165, 1.54) is 11.3 Å². The van der Waals surface area contributed by atoms with Gasteiger partial charge in [0, 0.05) is 4.88 Å². The zero-order valence-electron chi connectivity index (χ0n) is 14.7. The first-order valence-electron chi connectivity index (χ1n) is 8.24. The Morgan fingerprint density at radius 3 is 2.59 bits per heavy atom. The molecule has 3 unspecified atom stereocenters. The van der Waals surface area contributed by atoms with Crippen LogP contribution in [0.25, 0.3) is 0 Å². The zero-order chi connectivity index (χ0) is 21.3. The third-order valence-corrected chi connectivity index (χ3v) is 6.63. The molecule has 1 saturated heterocycles. The molecule has 0 aromatic carbocycles. The van der Waals surface area contributed by atoms with Gasteiger partial charge < -0.3 is 26.6 Å². The number of carbonyl (C=O) groups excluding carboxylic acids is 3. The van der Waals surface area contributed by atoms with Gasteiger partial charge in [-0.15, -0.1) is 23.1 Å². The van der Waals surface area contributed by atoms with E-state index in [-0.39, 0.29) is 12.1 Å². The number of rotatable bonds is 7. The van der Waals surface area contributed by atoms with E-state index in [1.54, 1.807) is 17.5 Å². The predicted octanol–water partition coefficient (Wildman–Crippen LogP) is -0.329. The number of amides is 3. The summed E-state index contributed by atoms with van der Waals surface area (Å²) in [6.07, 6.45) is 0.0781. The van der Waals surface area contributed by atoms with Crippen LogP contribution in [0.15, 0.2) is 28.9 Å². The molecule has 1 fully saturated rings. The van der Waals surface area contributed by atoms with Crippen molar-refractivity contribution in [1.82, 2.24) is 15.5 Å². The normalized spacial score (nSPS) is 21.7. The first kappa shape index (κ1) is 20.7. The summed E-state index contributed by atoms with van der Waals surface area (Å²) in [5, 5.41) is 22.7. The number of ketones is 1. The molecule has 0 bridgehead atoms. The summed E-state index contributed by atoms with van der Waals surface area (Å²) in [5.41, 5.74) is 5.26. The number of nitrogens with one attached hydrogen (secondary N) is 2. The Kier molecular flexibility index (Phi) is 5.79. The summed E-state index contributed by atoms with van der Waals surface area (Å²) in [6, 6.07) is 1.23. The van der Waals surface area contributed by atoms with Gasteiger partial charge in [-0.25, -0.2) is 9.59 Å². The van der Waals surface area contributed by atoms with E-state index in [2.05, 4.69) is 10.6 Å². The Balaban J connectivity index is 1.88. The minimum Gasteiger partial charge on any atom is -0.480 e. The van der Waals surface area contributed by atoms with Crippen LogP contribution in [0.1, 0.15) is 17.3 Å². The maximum atomic E-state index is 13.2. The van der Waals surface area contributed by atoms with Gasteiger partial charge in [0.15, 0.2) is 11.5 Å². The minimum atomic E-state index is -1.42. The van der Waals surface area contributed by atoms with E-state index < -0.39 is 58.6 Å². The second kappa shape index (κ2) is 8.13. The lowest BCUT2D eigenvalue weighted by Crippen LogP contribution is -2.57. The molecule has 3 amide bonds. The van der Waals surface area contributed by atoms with Crippen LogP contribution in [0.5, 0.6) is 0 Å². The van der Waals surface area contributed by atoms with E-state index in [4.69, 9.17) is 10.8 Å². The van der Waals surface area contributed by atoms with Crippen molar-refractivity contribution >= 4 is 52.8 Å². The van der Waals surface area contributed by atoms with Crippen LogP contribution in [-0.2, 0) is 19.2 Å². The van der Waals surface area contributed by atoms with Crippen LogP contribution in [0.3, 0.4) is 0 Å². The quantitative estimate of drug-likeness (QED) is 0.355. The Bertz CT molecular complexity index is 914. The molecule has 29 heavy (non-hydrogen) atoms. The topological polar surface area (TPSA) is 179 Å². The van der Waals surface area contributed by atoms with Gasteiger partial charge in [0.25, 0.3) is 0 Å². The smallest absolute Gasteiger partial charge is 0.354 e. The number of carbonyl (C=O) groups is 5. The van der Waals surface area contributed by atoms with Crippen LogP contribution in [0.2, 0.25) is 0 Å². The van der Waals surface area contributed by atoms with Crippen molar-refractivity contribution in [1.29, 1.82) is 0 Å². The molecule has 154 valence electrons. The van der Waals surface area contributed by atoms with Crippen LogP contribution < -0.4 is 16.4 Å². The third kappa shape index (κ3) is 4.05. The number of hydrogen-bond acceptors (Lipinski definition) is 8. The lowest BCUT2D eigenvalue weighted by molar-refractivity contribution is -0.146. The molecule has 1 aromatic rings. The largest absolute Gasteiger partial charge is 0.480 e. The highest BCUT2D eigenvalue weighted by atomic mass is 32.2. The molecule has 1 aromatic heterocycles. The number of thiophene rings is 1. The Morgan fingerprint density at radius 1 is 1.31 bits per heavy atom. The van der Waals surface area contributed by atoms with E-state index in [0.717, 1.165) is 16.7 Å². The van der Waals surface area contributed by atoms with E-state index in [0.29, 0.717) is 4.88 Å². The van der Waals surface area contributed by atoms with E-state index >= 15 is 0 Å². The van der Waals surface area contributed by atoms with Gasteiger partial charge in [-0.3, -0.25) is 19.3 Å². The van der Waals surface area contributed by atoms with E-state index in [9.17, 15) is 29.1 Å². The summed E-state index contributed by atoms with van der Waals surface area (Å²) in [7, 11) is 0. The summed E-state index contributed by atoms with van der Waals surface area (Å²) in [5.74, 6) is -3.64. The van der Waals surface area contributed by atoms with Crippen molar-refractivity contribution in [3.05, 3.63) is 33.8 Å². The minimum absolute atomic E-state index is 0.0781. The summed E-state index contributed by atoms with van der Waals surface area (Å²) < 4.78 is 0. The second-order valence-corrected chi connectivity index (χ2v) is 8.39. The molecule has 6 N–H and O–H groups in total. The molecule has 2 aliphatic heterocycles. The number of Topliss-reactive ketones (excluding diaryl/α,β-unsaturated/α-hetero) is 1. The fourth-order valence-electron chi connectivity index (χ4n) is 2.93. The molecule has 11 nitrogen and oxygen atoms in total. The van der Waals surface area contributed by atoms with Crippen molar-refractivity contribution in [3.63, 3.8) is 0 Å². The van der Waals surface area contributed by atoms with Gasteiger partial charge in [0.05, 0.1) is 17.5 Å². The molecule has 0 saturated carbocycles. The van der Waals surface area contributed by atoms with Crippen LogP contribution in [0.4, 0.5) is 4.79 Å². The van der Waals surface area contributed by atoms with Crippen LogP contribution in [-0.4, -0.2) is 61.9 Å². The average Bonchev–Trinajstić information content (AvgIpc) is 3.18. The highest BCUT2D eigenvalue weighted by Crippen LogP contribution is 2.44. The van der Waals surface area contributed by atoms with Gasteiger partial charge in [-0.05, 0) is 11.4 Å². The molecule has 3 rings (SSSR count). The average molecular weight is 440 g/mol. The van der Waals surface area contributed by atoms with Crippen LogP contribution in [0, 0.1) is 0 Å². The van der Waals surface area contributed by atoms with Gasteiger partial charge >= 0.3 is 18.0 Å². The molecule has 2 aliphatic rings. The standard InChI is InChI=1S/C16H16N4O7S2/c17-10-12(15(25)26)20-7(21)4-8(20)29-14(10)13(24)11(6-2-1-3-28-6)19-16(27)18-5-9(22)23/h1-3,8,11,14H,4-5,17H2,(H,22,23)(H,25,26)(H2,18,19,27). The fraction of sp³-hybridized carbons (Fsp3) is 0.312. The summed E-state index contributed by atoms with van der Waals surface area (Å²) in [4.78, 5) is 60.8. The molecule has 0 radical (unpaired) electrons. The molecule has 13 heteroatoms. The number of hydrogen-bond donors (Lipinski definition) is 5. The molecule has 3 atom stereocenters. The molecule has 3 heterocycles. The number of nitrogens with two attached hydrogens (primary N) is 1. The number of urea groups is 1. The zero-order valence-corrected chi connectivity index (χ0v) is 16.3. The highest BCUT2D eigenvalue weighted by Gasteiger charge is 2.50. The van der Waals surface area contributed by atoms with Crippen molar-refractivity contribution in [3.8, 4) is 0 Å². The molecular weight excluding hydrogens is 424 g/mol. The summed E-state index contributed by atoms with van der Waals surface area (Å²) in [6.45, 7) is -0.639. The fourth-order valence-corrected chi connectivity index (χ4v) is 5.14. The Labute approximate surface area is 171 Å². The Hall–Kier alpha value is -3.06. The molecular formula is C16H16N4O7S2. The van der Waals surface area contributed by atoms with Gasteiger partial charge in [-0.2, -0.15) is 0 Å². The van der Waals surface area contributed by atoms with Crippen LogP contribution >= 0.6 is 23.1 Å². The van der Waals surface area contributed by atoms with Crippen molar-refractivity contribution < 1.29 is 34.2 Å². The third-order valence-electron chi connectivity index (χ3n) is 4.24.